The summed E-state index contributed by atoms with van der Waals surface area (Å²) in [7, 11) is 1.74. The van der Waals surface area contributed by atoms with Crippen LogP contribution in [-0.4, -0.2) is 19.1 Å². The maximum absolute atomic E-state index is 14.2. The number of hydrogen-bond donors (Lipinski definition) is 1. The zero-order valence-electron chi connectivity index (χ0n) is 13.9. The fourth-order valence-corrected chi connectivity index (χ4v) is 2.16. The number of unbranched alkanes of at least 4 members (excludes halogenated alkanes) is 2. The largest absolute Gasteiger partial charge is 0.370 e. The Bertz CT molecular complexity index is 430. The van der Waals surface area contributed by atoms with Gasteiger partial charge in [0.15, 0.2) is 0 Å². The molecule has 0 aromatic heterocycles. The predicted molar refractivity (Wildman–Crippen MR) is 85.7 cm³/mol. The lowest BCUT2D eigenvalue weighted by Gasteiger charge is -2.23. The zero-order chi connectivity index (χ0) is 16.0. The fraction of sp³-hybridized carbons (Fsp3) is 0.647. The molecule has 0 heterocycles. The number of nitrogens with zero attached hydrogens (tertiary/aromatic N) is 1. The van der Waals surface area contributed by atoms with Gasteiger partial charge in [-0.2, -0.15) is 0 Å². The van der Waals surface area contributed by atoms with Crippen molar-refractivity contribution in [1.29, 1.82) is 0 Å². The fourth-order valence-electron chi connectivity index (χ4n) is 2.16. The van der Waals surface area contributed by atoms with Crippen LogP contribution in [0.25, 0.3) is 0 Å². The van der Waals surface area contributed by atoms with Gasteiger partial charge in [0.2, 0.25) is 0 Å². The van der Waals surface area contributed by atoms with Crippen molar-refractivity contribution in [2.24, 2.45) is 0 Å². The summed E-state index contributed by atoms with van der Waals surface area (Å²) in [5, 5.41) is 3.24. The second-order valence-corrected chi connectivity index (χ2v) is 6.64. The molecule has 1 rings (SSSR count). The summed E-state index contributed by atoms with van der Waals surface area (Å²) in [5.41, 5.74) is 0.624. The summed E-state index contributed by atoms with van der Waals surface area (Å²) in [4.78, 5) is 1.67. The number of rotatable bonds is 7. The Hall–Kier alpha value is -1.16. The van der Waals surface area contributed by atoms with Gasteiger partial charge in [0.1, 0.15) is 17.3 Å². The Morgan fingerprint density at radius 1 is 1.10 bits per heavy atom. The SMILES string of the molecule is CCCCCN(C)c1c(F)cc(CNC(C)(C)C)cc1F. The van der Waals surface area contributed by atoms with E-state index in [1.807, 2.05) is 20.8 Å². The molecule has 2 nitrogen and oxygen atoms in total. The minimum atomic E-state index is -0.486. The minimum Gasteiger partial charge on any atom is -0.370 e. The molecule has 21 heavy (non-hydrogen) atoms. The van der Waals surface area contributed by atoms with E-state index in [0.29, 0.717) is 18.7 Å². The third-order valence-corrected chi connectivity index (χ3v) is 3.38. The molecule has 0 fully saturated rings. The highest BCUT2D eigenvalue weighted by Crippen LogP contribution is 2.24. The van der Waals surface area contributed by atoms with Crippen molar-refractivity contribution in [1.82, 2.24) is 5.32 Å². The molecule has 0 aliphatic rings. The maximum Gasteiger partial charge on any atom is 0.149 e. The van der Waals surface area contributed by atoms with E-state index in [-0.39, 0.29) is 11.2 Å². The average molecular weight is 298 g/mol. The monoisotopic (exact) mass is 298 g/mol. The quantitative estimate of drug-likeness (QED) is 0.747. The summed E-state index contributed by atoms with van der Waals surface area (Å²) in [6, 6.07) is 2.85. The van der Waals surface area contributed by atoms with Crippen molar-refractivity contribution in [2.75, 3.05) is 18.5 Å². The maximum atomic E-state index is 14.2. The summed E-state index contributed by atoms with van der Waals surface area (Å²) in [6.07, 6.45) is 3.11. The van der Waals surface area contributed by atoms with Crippen LogP contribution in [0.3, 0.4) is 0 Å². The van der Waals surface area contributed by atoms with E-state index in [4.69, 9.17) is 0 Å². The van der Waals surface area contributed by atoms with Crippen LogP contribution in [0.15, 0.2) is 12.1 Å². The van der Waals surface area contributed by atoms with Crippen molar-refractivity contribution < 1.29 is 8.78 Å². The van der Waals surface area contributed by atoms with Gasteiger partial charge in [-0.3, -0.25) is 0 Å². The van der Waals surface area contributed by atoms with Crippen molar-refractivity contribution >= 4 is 5.69 Å². The van der Waals surface area contributed by atoms with Crippen molar-refractivity contribution in [3.8, 4) is 0 Å². The topological polar surface area (TPSA) is 15.3 Å². The van der Waals surface area contributed by atoms with E-state index in [1.165, 1.54) is 12.1 Å². The molecule has 0 aliphatic carbocycles. The number of anilines is 1. The first-order chi connectivity index (χ1) is 9.74. The van der Waals surface area contributed by atoms with Crippen LogP contribution in [-0.2, 0) is 6.54 Å². The van der Waals surface area contributed by atoms with E-state index in [9.17, 15) is 8.78 Å². The first kappa shape index (κ1) is 17.9. The summed E-state index contributed by atoms with van der Waals surface area (Å²) in [6.45, 7) is 9.30. The summed E-state index contributed by atoms with van der Waals surface area (Å²) >= 11 is 0. The molecule has 1 N–H and O–H groups in total. The molecule has 0 radical (unpaired) electrons. The number of benzene rings is 1. The lowest BCUT2D eigenvalue weighted by atomic mass is 10.1. The predicted octanol–water partition coefficient (Wildman–Crippen LogP) is 4.48. The summed E-state index contributed by atoms with van der Waals surface area (Å²) in [5.74, 6) is -0.973. The van der Waals surface area contributed by atoms with Gasteiger partial charge in [-0.1, -0.05) is 19.8 Å². The number of nitrogens with one attached hydrogen (secondary N) is 1. The molecule has 0 spiro atoms. The van der Waals surface area contributed by atoms with E-state index < -0.39 is 11.6 Å². The highest BCUT2D eigenvalue weighted by molar-refractivity contribution is 5.50. The molecule has 0 aliphatic heterocycles. The molecule has 0 unspecified atom stereocenters. The first-order valence-electron chi connectivity index (χ1n) is 7.68. The standard InChI is InChI=1S/C17H28F2N2/c1-6-7-8-9-21(5)16-14(18)10-13(11-15(16)19)12-20-17(2,3)4/h10-11,20H,6-9,12H2,1-5H3. The number of halogens is 2. The first-order valence-corrected chi connectivity index (χ1v) is 7.68. The van der Waals surface area contributed by atoms with Crippen molar-refractivity contribution in [3.63, 3.8) is 0 Å². The molecular weight excluding hydrogens is 270 g/mol. The van der Waals surface area contributed by atoms with Gasteiger partial charge in [-0.25, -0.2) is 8.78 Å². The third kappa shape index (κ3) is 6.00. The lowest BCUT2D eigenvalue weighted by molar-refractivity contribution is 0.422. The number of hydrogen-bond acceptors (Lipinski definition) is 2. The molecule has 0 amide bonds. The molecule has 0 saturated heterocycles. The van der Waals surface area contributed by atoms with Gasteiger partial charge in [-0.15, -0.1) is 0 Å². The van der Waals surface area contributed by atoms with Gasteiger partial charge in [0.25, 0.3) is 0 Å². The van der Waals surface area contributed by atoms with E-state index >= 15 is 0 Å². The lowest BCUT2D eigenvalue weighted by Crippen LogP contribution is -2.35. The molecule has 1 aromatic carbocycles. The molecule has 1 aromatic rings. The van der Waals surface area contributed by atoms with Crippen LogP contribution >= 0.6 is 0 Å². The Labute approximate surface area is 127 Å². The Morgan fingerprint density at radius 3 is 2.14 bits per heavy atom. The molecule has 4 heteroatoms. The van der Waals surface area contributed by atoms with Crippen LogP contribution in [0.2, 0.25) is 0 Å². The van der Waals surface area contributed by atoms with Gasteiger partial charge < -0.3 is 10.2 Å². The van der Waals surface area contributed by atoms with E-state index in [2.05, 4.69) is 12.2 Å². The molecular formula is C17H28F2N2. The second kappa shape index (κ2) is 7.74. The normalized spacial score (nSPS) is 11.8. The highest BCUT2D eigenvalue weighted by Gasteiger charge is 2.16. The smallest absolute Gasteiger partial charge is 0.149 e. The van der Waals surface area contributed by atoms with Crippen LogP contribution in [0, 0.1) is 11.6 Å². The minimum absolute atomic E-state index is 0.0746. The molecule has 0 bridgehead atoms. The van der Waals surface area contributed by atoms with Gasteiger partial charge in [0, 0.05) is 25.7 Å². The third-order valence-electron chi connectivity index (χ3n) is 3.38. The van der Waals surface area contributed by atoms with E-state index in [0.717, 1.165) is 19.3 Å². The zero-order valence-corrected chi connectivity index (χ0v) is 13.9. The van der Waals surface area contributed by atoms with E-state index in [1.54, 1.807) is 11.9 Å². The second-order valence-electron chi connectivity index (χ2n) is 6.64. The van der Waals surface area contributed by atoms with Crippen LogP contribution < -0.4 is 10.2 Å². The van der Waals surface area contributed by atoms with Gasteiger partial charge in [0.05, 0.1) is 0 Å². The van der Waals surface area contributed by atoms with Crippen molar-refractivity contribution in [3.05, 3.63) is 29.3 Å². The molecule has 0 saturated carbocycles. The summed E-state index contributed by atoms with van der Waals surface area (Å²) < 4.78 is 28.4. The van der Waals surface area contributed by atoms with Crippen molar-refractivity contribution in [2.45, 2.75) is 59.0 Å². The molecule has 0 atom stereocenters. The van der Waals surface area contributed by atoms with Crippen LogP contribution in [0.5, 0.6) is 0 Å². The Morgan fingerprint density at radius 2 is 1.67 bits per heavy atom. The van der Waals surface area contributed by atoms with Crippen LogP contribution in [0.4, 0.5) is 14.5 Å². The Balaban J connectivity index is 2.79. The van der Waals surface area contributed by atoms with Crippen LogP contribution in [0.1, 0.15) is 52.5 Å². The highest BCUT2D eigenvalue weighted by atomic mass is 19.1. The van der Waals surface area contributed by atoms with Gasteiger partial charge in [-0.05, 0) is 44.9 Å². The molecule has 120 valence electrons. The van der Waals surface area contributed by atoms with Gasteiger partial charge >= 0.3 is 0 Å². The Kier molecular flexibility index (Phi) is 6.59. The average Bonchev–Trinajstić information content (AvgIpc) is 2.35.